The molecule has 0 aliphatic heterocycles. The first-order chi connectivity index (χ1) is 12.9. The van der Waals surface area contributed by atoms with Crippen LogP contribution in [-0.4, -0.2) is 21.1 Å². The van der Waals surface area contributed by atoms with Crippen molar-refractivity contribution >= 4 is 17.4 Å². The maximum atomic E-state index is 12.2. The van der Waals surface area contributed by atoms with E-state index in [4.69, 9.17) is 0 Å². The normalized spacial score (nSPS) is 11.1. The minimum Gasteiger partial charge on any atom is -0.347 e. The molecule has 27 heavy (non-hydrogen) atoms. The van der Waals surface area contributed by atoms with E-state index in [0.717, 1.165) is 11.3 Å². The molecule has 2 aromatic heterocycles. The molecule has 0 saturated carbocycles. The van der Waals surface area contributed by atoms with Crippen molar-refractivity contribution in [3.8, 4) is 0 Å². The van der Waals surface area contributed by atoms with Crippen LogP contribution in [0.2, 0.25) is 0 Å². The minimum absolute atomic E-state index is 0.00378. The number of rotatable bonds is 5. The standard InChI is InChI=1S/C21H23N5O/c1-21(2,3)16-6-4-5-7-17(16)24-19-9-8-18(25-26-19)20(27)23-14-15-10-12-22-13-11-15/h4-13H,14H2,1-3H3,(H,23,27)(H,24,26). The van der Waals surface area contributed by atoms with Crippen molar-refractivity contribution in [1.29, 1.82) is 0 Å². The number of amides is 1. The fraction of sp³-hybridized carbons (Fsp3) is 0.238. The first-order valence-corrected chi connectivity index (χ1v) is 8.81. The Morgan fingerprint density at radius 2 is 1.70 bits per heavy atom. The maximum Gasteiger partial charge on any atom is 0.272 e. The largest absolute Gasteiger partial charge is 0.347 e. The zero-order valence-corrected chi connectivity index (χ0v) is 15.7. The van der Waals surface area contributed by atoms with Crippen LogP contribution in [0.3, 0.4) is 0 Å². The summed E-state index contributed by atoms with van der Waals surface area (Å²) < 4.78 is 0. The van der Waals surface area contributed by atoms with Gasteiger partial charge in [-0.15, -0.1) is 10.2 Å². The molecule has 0 unspecified atom stereocenters. The van der Waals surface area contributed by atoms with Crippen molar-refractivity contribution in [2.75, 3.05) is 5.32 Å². The summed E-state index contributed by atoms with van der Waals surface area (Å²) in [5.74, 6) is 0.332. The molecule has 6 nitrogen and oxygen atoms in total. The zero-order chi connectivity index (χ0) is 19.3. The minimum atomic E-state index is -0.263. The van der Waals surface area contributed by atoms with Gasteiger partial charge >= 0.3 is 0 Å². The maximum absolute atomic E-state index is 12.2. The number of carbonyl (C=O) groups is 1. The van der Waals surface area contributed by atoms with Crippen LogP contribution in [0, 0.1) is 0 Å². The Morgan fingerprint density at radius 1 is 0.963 bits per heavy atom. The molecule has 0 radical (unpaired) electrons. The molecule has 2 heterocycles. The number of carbonyl (C=O) groups excluding carboxylic acids is 1. The first-order valence-electron chi connectivity index (χ1n) is 8.81. The number of hydrogen-bond donors (Lipinski definition) is 2. The van der Waals surface area contributed by atoms with Crippen LogP contribution in [-0.2, 0) is 12.0 Å². The number of nitrogens with one attached hydrogen (secondary N) is 2. The van der Waals surface area contributed by atoms with E-state index in [-0.39, 0.29) is 17.0 Å². The molecular weight excluding hydrogens is 338 g/mol. The highest BCUT2D eigenvalue weighted by Gasteiger charge is 2.17. The predicted molar refractivity (Wildman–Crippen MR) is 106 cm³/mol. The summed E-state index contributed by atoms with van der Waals surface area (Å²) in [5.41, 5.74) is 3.42. The first kappa shape index (κ1) is 18.5. The van der Waals surface area contributed by atoms with Gasteiger partial charge in [-0.1, -0.05) is 39.0 Å². The molecule has 138 valence electrons. The molecule has 0 fully saturated rings. The average Bonchev–Trinajstić information content (AvgIpc) is 2.67. The summed E-state index contributed by atoms with van der Waals surface area (Å²) in [6, 6.07) is 15.2. The monoisotopic (exact) mass is 361 g/mol. The highest BCUT2D eigenvalue weighted by atomic mass is 16.1. The van der Waals surface area contributed by atoms with Crippen molar-refractivity contribution in [3.63, 3.8) is 0 Å². The van der Waals surface area contributed by atoms with E-state index in [1.807, 2.05) is 30.3 Å². The highest BCUT2D eigenvalue weighted by molar-refractivity contribution is 5.92. The molecule has 0 aliphatic rings. The number of benzene rings is 1. The van der Waals surface area contributed by atoms with Gasteiger partial charge in [0, 0.05) is 24.6 Å². The Labute approximate surface area is 159 Å². The summed E-state index contributed by atoms with van der Waals surface area (Å²) >= 11 is 0. The Morgan fingerprint density at radius 3 is 2.37 bits per heavy atom. The van der Waals surface area contributed by atoms with Crippen molar-refractivity contribution in [2.24, 2.45) is 0 Å². The third-order valence-corrected chi connectivity index (χ3v) is 4.10. The van der Waals surface area contributed by atoms with Crippen LogP contribution in [0.25, 0.3) is 0 Å². The summed E-state index contributed by atoms with van der Waals surface area (Å²) in [5, 5.41) is 14.3. The highest BCUT2D eigenvalue weighted by Crippen LogP contribution is 2.30. The molecule has 0 spiro atoms. The van der Waals surface area contributed by atoms with Gasteiger partial charge in [-0.25, -0.2) is 0 Å². The Bertz CT molecular complexity index is 902. The molecule has 0 bridgehead atoms. The van der Waals surface area contributed by atoms with E-state index in [0.29, 0.717) is 12.4 Å². The van der Waals surface area contributed by atoms with E-state index in [1.165, 1.54) is 5.56 Å². The molecule has 0 aliphatic carbocycles. The summed E-state index contributed by atoms with van der Waals surface area (Å²) in [7, 11) is 0. The Hall–Kier alpha value is -3.28. The lowest BCUT2D eigenvalue weighted by Gasteiger charge is -2.23. The second kappa shape index (κ2) is 7.95. The number of para-hydroxylation sites is 1. The molecule has 3 aromatic rings. The van der Waals surface area contributed by atoms with E-state index >= 15 is 0 Å². The second-order valence-electron chi connectivity index (χ2n) is 7.26. The topological polar surface area (TPSA) is 79.8 Å². The third-order valence-electron chi connectivity index (χ3n) is 4.10. The number of anilines is 2. The van der Waals surface area contributed by atoms with Gasteiger partial charge in [0.15, 0.2) is 11.5 Å². The van der Waals surface area contributed by atoms with E-state index in [9.17, 15) is 4.79 Å². The van der Waals surface area contributed by atoms with Gasteiger partial charge in [-0.3, -0.25) is 9.78 Å². The molecular formula is C21H23N5O. The van der Waals surface area contributed by atoms with Gasteiger partial charge in [0.2, 0.25) is 0 Å². The molecule has 1 aromatic carbocycles. The summed E-state index contributed by atoms with van der Waals surface area (Å²) in [4.78, 5) is 16.2. The smallest absolute Gasteiger partial charge is 0.272 e. The van der Waals surface area contributed by atoms with Crippen molar-refractivity contribution < 1.29 is 4.79 Å². The van der Waals surface area contributed by atoms with E-state index in [1.54, 1.807) is 24.5 Å². The van der Waals surface area contributed by atoms with Crippen LogP contribution in [0.4, 0.5) is 11.5 Å². The zero-order valence-electron chi connectivity index (χ0n) is 15.7. The number of hydrogen-bond acceptors (Lipinski definition) is 5. The van der Waals surface area contributed by atoms with Gasteiger partial charge in [0.05, 0.1) is 0 Å². The van der Waals surface area contributed by atoms with Gasteiger partial charge in [-0.2, -0.15) is 0 Å². The van der Waals surface area contributed by atoms with Crippen LogP contribution < -0.4 is 10.6 Å². The van der Waals surface area contributed by atoms with E-state index in [2.05, 4.69) is 52.7 Å². The van der Waals surface area contributed by atoms with Crippen molar-refractivity contribution in [2.45, 2.75) is 32.7 Å². The van der Waals surface area contributed by atoms with Gasteiger partial charge < -0.3 is 10.6 Å². The molecule has 0 atom stereocenters. The number of nitrogens with zero attached hydrogens (tertiary/aromatic N) is 3. The van der Waals surface area contributed by atoms with Crippen LogP contribution in [0.15, 0.2) is 60.9 Å². The summed E-state index contributed by atoms with van der Waals surface area (Å²) in [6.07, 6.45) is 3.38. The Kier molecular flexibility index (Phi) is 5.45. The molecule has 6 heteroatoms. The van der Waals surface area contributed by atoms with Gasteiger partial charge in [0.1, 0.15) is 0 Å². The van der Waals surface area contributed by atoms with Crippen molar-refractivity contribution in [1.82, 2.24) is 20.5 Å². The Balaban J connectivity index is 1.66. The van der Waals surface area contributed by atoms with Crippen LogP contribution >= 0.6 is 0 Å². The number of aromatic nitrogens is 3. The molecule has 2 N–H and O–H groups in total. The molecule has 0 saturated heterocycles. The van der Waals surface area contributed by atoms with Gasteiger partial charge in [-0.05, 0) is 46.9 Å². The average molecular weight is 361 g/mol. The van der Waals surface area contributed by atoms with Crippen molar-refractivity contribution in [3.05, 3.63) is 77.7 Å². The number of pyridine rings is 1. The molecule has 3 rings (SSSR count). The predicted octanol–water partition coefficient (Wildman–Crippen LogP) is 3.84. The third kappa shape index (κ3) is 4.88. The van der Waals surface area contributed by atoms with Crippen LogP contribution in [0.5, 0.6) is 0 Å². The molecule has 1 amide bonds. The SMILES string of the molecule is CC(C)(C)c1ccccc1Nc1ccc(C(=O)NCc2ccncc2)nn1. The lowest BCUT2D eigenvalue weighted by atomic mass is 9.86. The van der Waals surface area contributed by atoms with E-state index < -0.39 is 0 Å². The van der Waals surface area contributed by atoms with Crippen LogP contribution in [0.1, 0.15) is 42.4 Å². The van der Waals surface area contributed by atoms with Gasteiger partial charge in [0.25, 0.3) is 5.91 Å². The quantitative estimate of drug-likeness (QED) is 0.722. The second-order valence-corrected chi connectivity index (χ2v) is 7.26. The fourth-order valence-corrected chi connectivity index (χ4v) is 2.68. The lowest BCUT2D eigenvalue weighted by molar-refractivity contribution is 0.0945. The lowest BCUT2D eigenvalue weighted by Crippen LogP contribution is -2.24. The fourth-order valence-electron chi connectivity index (χ4n) is 2.68. The summed E-state index contributed by atoms with van der Waals surface area (Å²) in [6.45, 7) is 6.91.